The Morgan fingerprint density at radius 1 is 2.00 bits per heavy atom. The van der Waals surface area contributed by atoms with Crippen molar-refractivity contribution in [2.75, 3.05) is 0 Å². The molecule has 7 heavy (non-hydrogen) atoms. The topological polar surface area (TPSA) is 33.1 Å². The summed E-state index contributed by atoms with van der Waals surface area (Å²) in [4.78, 5) is 3.68. The van der Waals surface area contributed by atoms with E-state index in [1.54, 1.807) is 5.38 Å². The summed E-state index contributed by atoms with van der Waals surface area (Å²) in [6.07, 6.45) is 2.59. The van der Waals surface area contributed by atoms with Crippen LogP contribution in [-0.2, 0) is 6.61 Å². The molecule has 0 aromatic carbocycles. The Morgan fingerprint density at radius 3 is 3.14 bits per heavy atom. The summed E-state index contributed by atoms with van der Waals surface area (Å²) >= 11 is 1.41. The molecule has 0 aliphatic carbocycles. The molecule has 0 unspecified atom stereocenters. The summed E-state index contributed by atoms with van der Waals surface area (Å²) in [5, 5.41) is 10.8. The standard InChI is InChI=1S/C4H4NOS/c6-3-4-5-1-2-7-4/h2,6H,3H2. The van der Waals surface area contributed by atoms with Gasteiger partial charge < -0.3 is 5.11 Å². The molecule has 0 aliphatic heterocycles. The monoisotopic (exact) mass is 114 g/mol. The number of hydrogen-bond acceptors (Lipinski definition) is 3. The van der Waals surface area contributed by atoms with Gasteiger partial charge in [-0.1, -0.05) is 0 Å². The molecule has 0 bridgehead atoms. The molecule has 0 saturated carbocycles. The van der Waals surface area contributed by atoms with Crippen molar-refractivity contribution in [1.29, 1.82) is 0 Å². The fourth-order valence-electron chi connectivity index (χ4n) is 0.292. The SMILES string of the molecule is OCc1n[c]cs1. The van der Waals surface area contributed by atoms with E-state index in [-0.39, 0.29) is 6.61 Å². The molecule has 0 atom stereocenters. The normalized spacial score (nSPS) is 9.29. The molecule has 1 aromatic heterocycles. The number of aliphatic hydroxyl groups is 1. The van der Waals surface area contributed by atoms with Crippen LogP contribution in [0.2, 0.25) is 0 Å². The maximum absolute atomic E-state index is 8.35. The van der Waals surface area contributed by atoms with Gasteiger partial charge in [-0.05, 0) is 0 Å². The third-order valence-corrected chi connectivity index (χ3v) is 1.29. The predicted molar refractivity (Wildman–Crippen MR) is 26.9 cm³/mol. The van der Waals surface area contributed by atoms with Crippen molar-refractivity contribution in [3.8, 4) is 0 Å². The summed E-state index contributed by atoms with van der Waals surface area (Å²) in [7, 11) is 0. The van der Waals surface area contributed by atoms with E-state index in [0.29, 0.717) is 0 Å². The molecule has 3 heteroatoms. The third kappa shape index (κ3) is 0.976. The van der Waals surface area contributed by atoms with Gasteiger partial charge in [-0.3, -0.25) is 0 Å². The highest BCUT2D eigenvalue weighted by molar-refractivity contribution is 7.09. The smallest absolute Gasteiger partial charge is 0.119 e. The molecule has 2 nitrogen and oxygen atoms in total. The Labute approximate surface area is 45.5 Å². The average molecular weight is 114 g/mol. The van der Waals surface area contributed by atoms with Crippen molar-refractivity contribution in [2.45, 2.75) is 6.61 Å². The largest absolute Gasteiger partial charge is 0.389 e. The van der Waals surface area contributed by atoms with Crippen LogP contribution in [0.3, 0.4) is 0 Å². The van der Waals surface area contributed by atoms with Gasteiger partial charge in [0.05, 0.1) is 6.61 Å². The Hall–Kier alpha value is -0.410. The molecule has 0 amide bonds. The highest BCUT2D eigenvalue weighted by Gasteiger charge is 1.86. The molecule has 1 aromatic rings. The lowest BCUT2D eigenvalue weighted by Crippen LogP contribution is -1.75. The molecular formula is C4H4NOS. The van der Waals surface area contributed by atoms with E-state index in [9.17, 15) is 0 Å². The summed E-state index contributed by atoms with van der Waals surface area (Å²) in [6, 6.07) is 0. The average Bonchev–Trinajstić information content (AvgIpc) is 2.14. The zero-order chi connectivity index (χ0) is 5.11. The zero-order valence-corrected chi connectivity index (χ0v) is 4.40. The Bertz CT molecular complexity index is 126. The van der Waals surface area contributed by atoms with E-state index in [1.807, 2.05) is 0 Å². The summed E-state index contributed by atoms with van der Waals surface area (Å²) in [6.45, 7) is 0.0359. The van der Waals surface area contributed by atoms with Gasteiger partial charge >= 0.3 is 0 Å². The molecule has 0 fully saturated rings. The Balaban J connectivity index is 2.76. The van der Waals surface area contributed by atoms with Gasteiger partial charge in [0.25, 0.3) is 0 Å². The van der Waals surface area contributed by atoms with Gasteiger partial charge in [-0.25, -0.2) is 4.98 Å². The van der Waals surface area contributed by atoms with Gasteiger partial charge in [0, 0.05) is 5.38 Å². The van der Waals surface area contributed by atoms with Crippen LogP contribution < -0.4 is 0 Å². The summed E-state index contributed by atoms with van der Waals surface area (Å²) in [5.74, 6) is 0. The number of nitrogens with zero attached hydrogens (tertiary/aromatic N) is 1. The highest BCUT2D eigenvalue weighted by Crippen LogP contribution is 2.00. The highest BCUT2D eigenvalue weighted by atomic mass is 32.1. The number of hydrogen-bond donors (Lipinski definition) is 1. The number of aromatic nitrogens is 1. The van der Waals surface area contributed by atoms with Gasteiger partial charge in [0.1, 0.15) is 11.2 Å². The molecule has 37 valence electrons. The van der Waals surface area contributed by atoms with Crippen LogP contribution in [0.4, 0.5) is 0 Å². The van der Waals surface area contributed by atoms with E-state index < -0.39 is 0 Å². The number of aliphatic hydroxyl groups excluding tert-OH is 1. The molecule has 0 saturated heterocycles. The van der Waals surface area contributed by atoms with Crippen molar-refractivity contribution in [3.05, 3.63) is 16.6 Å². The first kappa shape index (κ1) is 4.74. The van der Waals surface area contributed by atoms with Crippen molar-refractivity contribution in [3.63, 3.8) is 0 Å². The Kier molecular flexibility index (Phi) is 1.38. The molecule has 1 heterocycles. The van der Waals surface area contributed by atoms with Crippen LogP contribution in [0.15, 0.2) is 5.38 Å². The lowest BCUT2D eigenvalue weighted by molar-refractivity contribution is 0.281. The van der Waals surface area contributed by atoms with Crippen LogP contribution >= 0.6 is 11.3 Å². The predicted octanol–water partition coefficient (Wildman–Crippen LogP) is 0.436. The molecule has 1 radical (unpaired) electrons. The molecule has 1 N–H and O–H groups in total. The lowest BCUT2D eigenvalue weighted by atomic mass is 10.8. The number of rotatable bonds is 1. The van der Waals surface area contributed by atoms with Crippen LogP contribution in [0.5, 0.6) is 0 Å². The second-order valence-electron chi connectivity index (χ2n) is 1.03. The van der Waals surface area contributed by atoms with Crippen molar-refractivity contribution < 1.29 is 5.11 Å². The van der Waals surface area contributed by atoms with Crippen molar-refractivity contribution in [2.24, 2.45) is 0 Å². The first-order chi connectivity index (χ1) is 3.43. The van der Waals surface area contributed by atoms with Gasteiger partial charge in [0.15, 0.2) is 0 Å². The fraction of sp³-hybridized carbons (Fsp3) is 0.250. The molecular weight excluding hydrogens is 110 g/mol. The molecule has 0 spiro atoms. The first-order valence-corrected chi connectivity index (χ1v) is 2.73. The number of thiazole rings is 1. The van der Waals surface area contributed by atoms with E-state index in [1.165, 1.54) is 11.3 Å². The van der Waals surface area contributed by atoms with E-state index >= 15 is 0 Å². The van der Waals surface area contributed by atoms with Crippen LogP contribution in [0.25, 0.3) is 0 Å². The maximum Gasteiger partial charge on any atom is 0.119 e. The lowest BCUT2D eigenvalue weighted by Gasteiger charge is -1.76. The molecule has 1 rings (SSSR count). The van der Waals surface area contributed by atoms with E-state index in [2.05, 4.69) is 11.2 Å². The van der Waals surface area contributed by atoms with Crippen molar-refractivity contribution in [1.82, 2.24) is 4.98 Å². The second-order valence-corrected chi connectivity index (χ2v) is 1.97. The van der Waals surface area contributed by atoms with E-state index in [0.717, 1.165) is 5.01 Å². The van der Waals surface area contributed by atoms with Gasteiger partial charge in [-0.15, -0.1) is 11.3 Å². The van der Waals surface area contributed by atoms with Crippen LogP contribution in [-0.4, -0.2) is 10.1 Å². The zero-order valence-electron chi connectivity index (χ0n) is 3.59. The van der Waals surface area contributed by atoms with Gasteiger partial charge in [0.2, 0.25) is 0 Å². The van der Waals surface area contributed by atoms with Crippen molar-refractivity contribution >= 4 is 11.3 Å². The minimum Gasteiger partial charge on any atom is -0.389 e. The second kappa shape index (κ2) is 2.04. The maximum atomic E-state index is 8.35. The van der Waals surface area contributed by atoms with E-state index in [4.69, 9.17) is 5.11 Å². The van der Waals surface area contributed by atoms with Crippen LogP contribution in [0.1, 0.15) is 5.01 Å². The minimum atomic E-state index is 0.0359. The molecule has 0 aliphatic rings. The summed E-state index contributed by atoms with van der Waals surface area (Å²) in [5.41, 5.74) is 0. The fourth-order valence-corrected chi connectivity index (χ4v) is 0.713. The first-order valence-electron chi connectivity index (χ1n) is 1.85. The minimum absolute atomic E-state index is 0.0359. The summed E-state index contributed by atoms with van der Waals surface area (Å²) < 4.78 is 0. The quantitative estimate of drug-likeness (QED) is 0.574. The van der Waals surface area contributed by atoms with Crippen LogP contribution in [0, 0.1) is 6.20 Å². The third-order valence-electron chi connectivity index (χ3n) is 0.572. The Morgan fingerprint density at radius 2 is 2.86 bits per heavy atom. The van der Waals surface area contributed by atoms with Gasteiger partial charge in [-0.2, -0.15) is 0 Å².